The van der Waals surface area contributed by atoms with Crippen molar-refractivity contribution >= 4 is 11.9 Å². The van der Waals surface area contributed by atoms with Crippen molar-refractivity contribution < 1.29 is 22.9 Å². The number of nitrogens with zero attached hydrogens (tertiary/aromatic N) is 6. The lowest BCUT2D eigenvalue weighted by molar-refractivity contribution is -0.589. The van der Waals surface area contributed by atoms with Crippen molar-refractivity contribution in [2.75, 3.05) is 12.0 Å². The molecule has 35 heavy (non-hydrogen) atoms. The highest BCUT2D eigenvalue weighted by atomic mass is 19.1. The van der Waals surface area contributed by atoms with Gasteiger partial charge in [0.2, 0.25) is 0 Å². The molecule has 4 rings (SSSR count). The Hall–Kier alpha value is -4.72. The molecule has 0 saturated carbocycles. The van der Waals surface area contributed by atoms with Crippen molar-refractivity contribution in [3.05, 3.63) is 94.8 Å². The van der Waals surface area contributed by atoms with Crippen LogP contribution in [-0.2, 0) is 17.8 Å². The van der Waals surface area contributed by atoms with Crippen molar-refractivity contribution in [1.29, 1.82) is 5.26 Å². The topological polar surface area (TPSA) is 112 Å². The second-order valence-corrected chi connectivity index (χ2v) is 7.59. The fourth-order valence-corrected chi connectivity index (χ4v) is 3.56. The van der Waals surface area contributed by atoms with Crippen LogP contribution in [0.1, 0.15) is 33.1 Å². The average Bonchev–Trinajstić information content (AvgIpc) is 3.37. The van der Waals surface area contributed by atoms with E-state index in [1.807, 2.05) is 0 Å². The Labute approximate surface area is 199 Å². The van der Waals surface area contributed by atoms with Gasteiger partial charge in [-0.3, -0.25) is 5.10 Å². The predicted molar refractivity (Wildman–Crippen MR) is 119 cm³/mol. The molecule has 0 atom stereocenters. The molecule has 0 aliphatic heterocycles. The number of halogens is 2. The molecule has 0 spiro atoms. The summed E-state index contributed by atoms with van der Waals surface area (Å²) in [5, 5.41) is 15.8. The Morgan fingerprint density at radius 3 is 2.57 bits per heavy atom. The zero-order valence-electron chi connectivity index (χ0n) is 18.9. The summed E-state index contributed by atoms with van der Waals surface area (Å²) in [6, 6.07) is 13.5. The zero-order valence-corrected chi connectivity index (χ0v) is 18.9. The maximum absolute atomic E-state index is 14.6. The molecule has 4 aromatic rings. The third-order valence-corrected chi connectivity index (χ3v) is 5.18. The number of H-pyrrole nitrogens is 1. The van der Waals surface area contributed by atoms with E-state index in [2.05, 4.69) is 26.2 Å². The van der Waals surface area contributed by atoms with Crippen molar-refractivity contribution in [3.63, 3.8) is 0 Å². The van der Waals surface area contributed by atoms with E-state index >= 15 is 0 Å². The lowest BCUT2D eigenvalue weighted by Crippen LogP contribution is -2.46. The minimum absolute atomic E-state index is 0.0276. The van der Waals surface area contributed by atoms with Crippen molar-refractivity contribution in [3.8, 4) is 11.8 Å². The van der Waals surface area contributed by atoms with Gasteiger partial charge in [-0.15, -0.1) is 0 Å². The standard InChI is InChI=1S/C24H19F2N7O2/c1-15-9-21(23(34)35-2)33(19-7-3-16(11-27)4-8-19)24(30-15)32(13-22-28-14-29-31-22)12-17-5-6-18(25)10-20(17)26/h3-10,14H,12-13H2,1-2H3/p+1. The Bertz CT molecular complexity index is 1400. The van der Waals surface area contributed by atoms with E-state index in [1.54, 1.807) is 46.7 Å². The van der Waals surface area contributed by atoms with Crippen LogP contribution in [0, 0.1) is 29.9 Å². The van der Waals surface area contributed by atoms with E-state index < -0.39 is 17.6 Å². The average molecular weight is 476 g/mol. The van der Waals surface area contributed by atoms with Crippen molar-refractivity contribution in [2.45, 2.75) is 20.0 Å². The molecule has 0 bridgehead atoms. The Morgan fingerprint density at radius 1 is 1.17 bits per heavy atom. The summed E-state index contributed by atoms with van der Waals surface area (Å²) in [5.41, 5.74) is 1.84. The molecule has 2 heterocycles. The van der Waals surface area contributed by atoms with E-state index in [0.717, 1.165) is 6.07 Å². The van der Waals surface area contributed by atoms with Crippen LogP contribution in [-0.4, -0.2) is 33.2 Å². The van der Waals surface area contributed by atoms with Crippen LogP contribution in [0.4, 0.5) is 14.7 Å². The maximum Gasteiger partial charge on any atom is 0.400 e. The van der Waals surface area contributed by atoms with Gasteiger partial charge in [-0.05, 0) is 37.3 Å². The number of hydrogen-bond acceptors (Lipinski definition) is 7. The van der Waals surface area contributed by atoms with Gasteiger partial charge in [-0.1, -0.05) is 11.1 Å². The first-order chi connectivity index (χ1) is 16.9. The summed E-state index contributed by atoms with van der Waals surface area (Å²) < 4.78 is 34.7. The molecular formula is C24H20F2N7O2+. The highest BCUT2D eigenvalue weighted by molar-refractivity contribution is 5.86. The Balaban J connectivity index is 1.93. The number of methoxy groups -OCH3 is 1. The summed E-state index contributed by atoms with van der Waals surface area (Å²) in [5.74, 6) is -1.30. The van der Waals surface area contributed by atoms with Gasteiger partial charge in [0.1, 0.15) is 35.9 Å². The lowest BCUT2D eigenvalue weighted by atomic mass is 10.2. The number of ether oxygens (including phenoxy) is 1. The first-order valence-corrected chi connectivity index (χ1v) is 10.4. The third kappa shape index (κ3) is 5.11. The van der Waals surface area contributed by atoms with Gasteiger partial charge in [0.15, 0.2) is 11.5 Å². The molecule has 0 radical (unpaired) electrons. The quantitative estimate of drug-likeness (QED) is 0.322. The van der Waals surface area contributed by atoms with Crippen LogP contribution in [0.2, 0.25) is 0 Å². The Morgan fingerprint density at radius 2 is 1.94 bits per heavy atom. The van der Waals surface area contributed by atoms with Gasteiger partial charge in [0.05, 0.1) is 25.3 Å². The van der Waals surface area contributed by atoms with E-state index in [9.17, 15) is 18.8 Å². The van der Waals surface area contributed by atoms with Crippen LogP contribution in [0.25, 0.3) is 5.69 Å². The fourth-order valence-electron chi connectivity index (χ4n) is 3.56. The number of esters is 1. The number of aryl methyl sites for hydroxylation is 1. The van der Waals surface area contributed by atoms with Crippen LogP contribution in [0.5, 0.6) is 0 Å². The molecule has 0 fully saturated rings. The monoisotopic (exact) mass is 476 g/mol. The van der Waals surface area contributed by atoms with Crippen LogP contribution >= 0.6 is 0 Å². The Kier molecular flexibility index (Phi) is 6.73. The number of nitriles is 1. The highest BCUT2D eigenvalue weighted by Crippen LogP contribution is 2.20. The molecule has 0 aliphatic rings. The normalized spacial score (nSPS) is 10.6. The second kappa shape index (κ2) is 10.0. The van der Waals surface area contributed by atoms with Gasteiger partial charge in [-0.25, -0.2) is 23.5 Å². The van der Waals surface area contributed by atoms with Gasteiger partial charge < -0.3 is 4.74 Å². The van der Waals surface area contributed by atoms with Gasteiger partial charge in [0.25, 0.3) is 0 Å². The van der Waals surface area contributed by atoms with E-state index in [0.29, 0.717) is 22.8 Å². The first-order valence-electron chi connectivity index (χ1n) is 10.4. The summed E-state index contributed by atoms with van der Waals surface area (Å²) in [6.07, 6.45) is 1.34. The van der Waals surface area contributed by atoms with Crippen LogP contribution in [0.3, 0.4) is 0 Å². The van der Waals surface area contributed by atoms with Crippen LogP contribution < -0.4 is 9.47 Å². The number of carbonyl (C=O) groups is 1. The van der Waals surface area contributed by atoms with Crippen LogP contribution in [0.15, 0.2) is 54.9 Å². The minimum atomic E-state index is -0.724. The number of anilines is 1. The van der Waals surface area contributed by atoms with Gasteiger partial charge in [-0.2, -0.15) is 14.9 Å². The molecule has 2 aromatic heterocycles. The number of nitrogens with one attached hydrogen (secondary N) is 1. The number of rotatable bonds is 7. The minimum Gasteiger partial charge on any atom is -0.463 e. The van der Waals surface area contributed by atoms with Crippen molar-refractivity contribution in [1.82, 2.24) is 20.2 Å². The lowest BCUT2D eigenvalue weighted by Gasteiger charge is -2.20. The van der Waals surface area contributed by atoms with E-state index in [4.69, 9.17) is 4.74 Å². The molecule has 9 nitrogen and oxygen atoms in total. The molecule has 0 saturated heterocycles. The summed E-state index contributed by atoms with van der Waals surface area (Å²) in [6.45, 7) is 1.80. The molecule has 0 amide bonds. The molecule has 2 aromatic carbocycles. The SMILES string of the molecule is COC(=O)c1cc(C)nc(N(Cc2ncn[nH]2)Cc2ccc(F)cc2F)[n+]1-c1ccc(C#N)cc1. The summed E-state index contributed by atoms with van der Waals surface area (Å²) in [7, 11) is 1.26. The number of benzene rings is 2. The summed E-state index contributed by atoms with van der Waals surface area (Å²) in [4.78, 5) is 23.2. The molecule has 0 aliphatic carbocycles. The predicted octanol–water partition coefficient (Wildman–Crippen LogP) is 2.93. The zero-order chi connectivity index (χ0) is 24.9. The number of hydrogen-bond donors (Lipinski definition) is 1. The van der Waals surface area contributed by atoms with Gasteiger partial charge in [0, 0.05) is 17.7 Å². The van der Waals surface area contributed by atoms with Crippen molar-refractivity contribution in [2.24, 2.45) is 0 Å². The first kappa shape index (κ1) is 23.4. The number of aromatic amines is 1. The smallest absolute Gasteiger partial charge is 0.400 e. The van der Waals surface area contributed by atoms with Gasteiger partial charge >= 0.3 is 11.9 Å². The van der Waals surface area contributed by atoms with E-state index in [-0.39, 0.29) is 30.3 Å². The second-order valence-electron chi connectivity index (χ2n) is 7.59. The summed E-state index contributed by atoms with van der Waals surface area (Å²) >= 11 is 0. The molecular weight excluding hydrogens is 456 g/mol. The maximum atomic E-state index is 14.6. The molecule has 11 heteroatoms. The molecule has 0 unspecified atom stereocenters. The van der Waals surface area contributed by atoms with E-state index in [1.165, 1.54) is 25.6 Å². The molecule has 1 N–H and O–H groups in total. The number of aromatic nitrogens is 5. The largest absolute Gasteiger partial charge is 0.463 e. The number of carbonyl (C=O) groups excluding carboxylic acids is 1. The third-order valence-electron chi connectivity index (χ3n) is 5.18. The fraction of sp³-hybridized carbons (Fsp3) is 0.167. The molecule has 176 valence electrons. The highest BCUT2D eigenvalue weighted by Gasteiger charge is 2.31.